The Bertz CT molecular complexity index is 612. The van der Waals surface area contributed by atoms with Crippen molar-refractivity contribution in [2.45, 2.75) is 38.8 Å². The number of nitrogens with zero attached hydrogens (tertiary/aromatic N) is 8. The molecule has 2 aliphatic rings. The molecule has 0 bridgehead atoms. The molecule has 0 N–H and O–H groups in total. The molecule has 8 heteroatoms. The van der Waals surface area contributed by atoms with E-state index in [9.17, 15) is 0 Å². The molecule has 2 unspecified atom stereocenters. The number of aromatic nitrogens is 4. The molecule has 2 atom stereocenters. The van der Waals surface area contributed by atoms with E-state index in [4.69, 9.17) is 0 Å². The first-order valence-electron chi connectivity index (χ1n) is 6.24. The molecule has 0 aromatic carbocycles. The lowest BCUT2D eigenvalue weighted by atomic mass is 10.0. The highest BCUT2D eigenvalue weighted by Crippen LogP contribution is 2.33. The average molecular weight is 270 g/mol. The Morgan fingerprint density at radius 3 is 1.30 bits per heavy atom. The Morgan fingerprint density at radius 2 is 1.05 bits per heavy atom. The van der Waals surface area contributed by atoms with Crippen LogP contribution >= 0.6 is 0 Å². The van der Waals surface area contributed by atoms with Crippen molar-refractivity contribution in [3.63, 3.8) is 0 Å². The van der Waals surface area contributed by atoms with Crippen LogP contribution in [0.3, 0.4) is 0 Å². The van der Waals surface area contributed by atoms with Crippen molar-refractivity contribution >= 4 is 0 Å². The Hall–Kier alpha value is -2.38. The molecule has 3 rings (SSSR count). The van der Waals surface area contributed by atoms with Crippen molar-refractivity contribution in [2.75, 3.05) is 0 Å². The van der Waals surface area contributed by atoms with E-state index in [0.717, 1.165) is 11.4 Å². The maximum Gasteiger partial charge on any atom is 0.206 e. The minimum atomic E-state index is -0.688. The van der Waals surface area contributed by atoms with Gasteiger partial charge in [0.25, 0.3) is 0 Å². The number of azo groups is 2. The van der Waals surface area contributed by atoms with Gasteiger partial charge in [0.2, 0.25) is 11.6 Å². The van der Waals surface area contributed by atoms with Crippen molar-refractivity contribution in [3.05, 3.63) is 35.2 Å². The van der Waals surface area contributed by atoms with Gasteiger partial charge in [-0.2, -0.15) is 20.5 Å². The second-order valence-corrected chi connectivity index (χ2v) is 5.31. The van der Waals surface area contributed by atoms with Crippen LogP contribution in [0.4, 0.5) is 0 Å². The van der Waals surface area contributed by atoms with Crippen molar-refractivity contribution < 1.29 is 0 Å². The molecule has 1 aromatic heterocycles. The molecule has 1 aromatic rings. The summed E-state index contributed by atoms with van der Waals surface area (Å²) in [6.45, 7) is 7.48. The zero-order valence-electron chi connectivity index (χ0n) is 11.7. The third kappa shape index (κ3) is 1.93. The Labute approximate surface area is 115 Å². The largest absolute Gasteiger partial charge is 0.206 e. The van der Waals surface area contributed by atoms with Crippen LogP contribution in [0.25, 0.3) is 0 Å². The summed E-state index contributed by atoms with van der Waals surface area (Å²) in [5, 5.41) is 32.8. The van der Waals surface area contributed by atoms with Crippen LogP contribution in [0, 0.1) is 0 Å². The molecule has 0 aliphatic carbocycles. The molecule has 0 spiro atoms. The van der Waals surface area contributed by atoms with Crippen LogP contribution in [-0.4, -0.2) is 20.4 Å². The van der Waals surface area contributed by atoms with Crippen LogP contribution in [0.1, 0.15) is 39.3 Å². The molecule has 8 nitrogen and oxygen atoms in total. The van der Waals surface area contributed by atoms with Crippen LogP contribution in [0.2, 0.25) is 0 Å². The van der Waals surface area contributed by atoms with Gasteiger partial charge in [-0.3, -0.25) is 0 Å². The summed E-state index contributed by atoms with van der Waals surface area (Å²) in [4.78, 5) is 0. The van der Waals surface area contributed by atoms with Crippen LogP contribution in [0.5, 0.6) is 0 Å². The summed E-state index contributed by atoms with van der Waals surface area (Å²) in [6.07, 6.45) is 3.76. The lowest BCUT2D eigenvalue weighted by Gasteiger charge is -2.16. The monoisotopic (exact) mass is 270 g/mol. The SMILES string of the molecule is CC1=CC(C)(c2nnc(C3(C)C=C(C)N=N3)nn2)N=N1. The van der Waals surface area contributed by atoms with Gasteiger partial charge in [0.15, 0.2) is 11.1 Å². The second kappa shape index (κ2) is 4.06. The standard InChI is InChI=1S/C12H14N8/c1-7-5-11(3,19-13-7)9-15-17-10(18-16-9)12(4)6-8(2)14-20-12/h5-6H,1-4H3. The van der Waals surface area contributed by atoms with Gasteiger partial charge >= 0.3 is 0 Å². The highest BCUT2D eigenvalue weighted by Gasteiger charge is 2.35. The van der Waals surface area contributed by atoms with Crippen LogP contribution in [0.15, 0.2) is 44.0 Å². The first kappa shape index (κ1) is 12.6. The summed E-state index contributed by atoms with van der Waals surface area (Å²) < 4.78 is 0. The summed E-state index contributed by atoms with van der Waals surface area (Å²) >= 11 is 0. The zero-order chi connectivity index (χ0) is 14.4. The van der Waals surface area contributed by atoms with Gasteiger partial charge in [0.1, 0.15) is 0 Å². The predicted molar refractivity (Wildman–Crippen MR) is 69.6 cm³/mol. The summed E-state index contributed by atoms with van der Waals surface area (Å²) in [5.74, 6) is 0.835. The molecule has 0 radical (unpaired) electrons. The maximum absolute atomic E-state index is 4.15. The molecule has 0 amide bonds. The molecule has 0 saturated carbocycles. The highest BCUT2D eigenvalue weighted by atomic mass is 15.3. The van der Waals surface area contributed by atoms with E-state index in [1.54, 1.807) is 0 Å². The first-order chi connectivity index (χ1) is 9.41. The molecular formula is C12H14N8. The van der Waals surface area contributed by atoms with Gasteiger partial charge in [0.05, 0.1) is 11.4 Å². The van der Waals surface area contributed by atoms with E-state index in [2.05, 4.69) is 40.9 Å². The van der Waals surface area contributed by atoms with E-state index in [1.807, 2.05) is 39.8 Å². The first-order valence-corrected chi connectivity index (χ1v) is 6.24. The summed E-state index contributed by atoms with van der Waals surface area (Å²) in [5.41, 5.74) is 0.282. The fourth-order valence-corrected chi connectivity index (χ4v) is 2.15. The molecule has 20 heavy (non-hydrogen) atoms. The van der Waals surface area contributed by atoms with Gasteiger partial charge in [-0.15, -0.1) is 20.4 Å². The van der Waals surface area contributed by atoms with Gasteiger partial charge in [-0.05, 0) is 39.8 Å². The third-order valence-electron chi connectivity index (χ3n) is 3.20. The topological polar surface area (TPSA) is 101 Å². The maximum atomic E-state index is 4.15. The van der Waals surface area contributed by atoms with Gasteiger partial charge in [0, 0.05) is 0 Å². The van der Waals surface area contributed by atoms with Gasteiger partial charge in [-0.1, -0.05) is 0 Å². The van der Waals surface area contributed by atoms with Crippen molar-refractivity contribution in [1.82, 2.24) is 20.4 Å². The Balaban J connectivity index is 1.94. The summed E-state index contributed by atoms with van der Waals surface area (Å²) in [7, 11) is 0. The fraction of sp³-hybridized carbons (Fsp3) is 0.500. The van der Waals surface area contributed by atoms with E-state index in [0.29, 0.717) is 11.6 Å². The van der Waals surface area contributed by atoms with E-state index >= 15 is 0 Å². The smallest absolute Gasteiger partial charge is 0.170 e. The minimum absolute atomic E-state index is 0.418. The normalized spacial score (nSPS) is 31.6. The third-order valence-corrected chi connectivity index (χ3v) is 3.20. The quantitative estimate of drug-likeness (QED) is 0.823. The molecule has 0 saturated heterocycles. The summed E-state index contributed by atoms with van der Waals surface area (Å²) in [6, 6.07) is 0. The number of hydrogen-bond donors (Lipinski definition) is 0. The highest BCUT2D eigenvalue weighted by molar-refractivity contribution is 5.23. The lowest BCUT2D eigenvalue weighted by Crippen LogP contribution is -2.25. The van der Waals surface area contributed by atoms with Crippen molar-refractivity contribution in [3.8, 4) is 0 Å². The van der Waals surface area contributed by atoms with Gasteiger partial charge < -0.3 is 0 Å². The average Bonchev–Trinajstić information content (AvgIpc) is 2.95. The van der Waals surface area contributed by atoms with Crippen molar-refractivity contribution in [1.29, 1.82) is 0 Å². The molecule has 0 fully saturated rings. The fourth-order valence-electron chi connectivity index (χ4n) is 2.15. The molecule has 102 valence electrons. The minimum Gasteiger partial charge on any atom is -0.170 e. The molecule has 2 aliphatic heterocycles. The molecule has 3 heterocycles. The molecular weight excluding hydrogens is 256 g/mol. The van der Waals surface area contributed by atoms with Crippen LogP contribution < -0.4 is 0 Å². The van der Waals surface area contributed by atoms with E-state index < -0.39 is 11.1 Å². The van der Waals surface area contributed by atoms with Crippen molar-refractivity contribution in [2.24, 2.45) is 20.5 Å². The second-order valence-electron chi connectivity index (χ2n) is 5.31. The van der Waals surface area contributed by atoms with E-state index in [1.165, 1.54) is 0 Å². The van der Waals surface area contributed by atoms with E-state index in [-0.39, 0.29) is 0 Å². The van der Waals surface area contributed by atoms with Gasteiger partial charge in [-0.25, -0.2) is 0 Å². The Kier molecular flexibility index (Phi) is 2.56. The van der Waals surface area contributed by atoms with Crippen LogP contribution in [-0.2, 0) is 11.1 Å². The lowest BCUT2D eigenvalue weighted by molar-refractivity contribution is 0.495. The Morgan fingerprint density at radius 1 is 0.700 bits per heavy atom. The number of rotatable bonds is 2. The zero-order valence-corrected chi connectivity index (χ0v) is 11.7. The number of hydrogen-bond acceptors (Lipinski definition) is 8. The predicted octanol–water partition coefficient (Wildman–Crippen LogP) is 2.44. The number of allylic oxidation sites excluding steroid dienone is 2.